The van der Waals surface area contributed by atoms with Gasteiger partial charge >= 0.3 is 6.01 Å². The number of ether oxygens (including phenoxy) is 1. The normalized spacial score (nSPS) is 21.4. The monoisotopic (exact) mass is 354 g/mol. The maximum absolute atomic E-state index is 14.1. The van der Waals surface area contributed by atoms with E-state index in [-0.39, 0.29) is 30.9 Å². The number of hydrogen-bond donors (Lipinski definition) is 2. The van der Waals surface area contributed by atoms with Crippen LogP contribution in [0.1, 0.15) is 38.8 Å². The minimum Gasteiger partial charge on any atom is -0.459 e. The van der Waals surface area contributed by atoms with Crippen molar-refractivity contribution in [3.05, 3.63) is 11.9 Å². The molecule has 1 fully saturated rings. The molecule has 0 aliphatic carbocycles. The van der Waals surface area contributed by atoms with E-state index in [0.29, 0.717) is 24.3 Å². The molecule has 2 atom stereocenters. The number of rotatable bonds is 6. The van der Waals surface area contributed by atoms with Gasteiger partial charge < -0.3 is 15.8 Å². The van der Waals surface area contributed by atoms with Crippen LogP contribution in [0.15, 0.2) is 6.20 Å². The average Bonchev–Trinajstić information content (AvgIpc) is 2.93. The standard InChI is InChI=1S/C16H24F2N6O/c1-3-4-10(2)25-15-22-13(19)14-21-8-12(24(14)23-15)7-11-5-6-20-9-16(11,17)18/h8,10-11,20H,3-7,9H2,1-2H3,(H2,19,22,23)/t10-,11?/m0/s1. The molecule has 9 heteroatoms. The Morgan fingerprint density at radius 2 is 2.32 bits per heavy atom. The number of anilines is 1. The van der Waals surface area contributed by atoms with Crippen molar-refractivity contribution in [1.82, 2.24) is 24.9 Å². The molecule has 1 unspecified atom stereocenters. The summed E-state index contributed by atoms with van der Waals surface area (Å²) in [6.45, 7) is 4.27. The lowest BCUT2D eigenvalue weighted by atomic mass is 9.90. The molecule has 0 bridgehead atoms. The highest BCUT2D eigenvalue weighted by atomic mass is 19.3. The van der Waals surface area contributed by atoms with Crippen LogP contribution in [-0.4, -0.2) is 44.7 Å². The molecular formula is C16H24F2N6O. The molecule has 0 aromatic carbocycles. The van der Waals surface area contributed by atoms with Crippen molar-refractivity contribution >= 4 is 11.5 Å². The van der Waals surface area contributed by atoms with Crippen molar-refractivity contribution in [2.75, 3.05) is 18.8 Å². The lowest BCUT2D eigenvalue weighted by Gasteiger charge is -2.31. The Labute approximate surface area is 145 Å². The summed E-state index contributed by atoms with van der Waals surface area (Å²) in [6.07, 6.45) is 3.90. The molecule has 138 valence electrons. The molecule has 1 aliphatic rings. The molecule has 2 aromatic rings. The van der Waals surface area contributed by atoms with Crippen LogP contribution in [0.4, 0.5) is 14.6 Å². The van der Waals surface area contributed by atoms with Gasteiger partial charge in [-0.2, -0.15) is 4.98 Å². The minimum absolute atomic E-state index is 0.0532. The van der Waals surface area contributed by atoms with E-state index in [9.17, 15) is 8.78 Å². The van der Waals surface area contributed by atoms with Crippen molar-refractivity contribution in [2.24, 2.45) is 5.92 Å². The number of nitrogen functional groups attached to an aromatic ring is 1. The predicted molar refractivity (Wildman–Crippen MR) is 89.8 cm³/mol. The summed E-state index contributed by atoms with van der Waals surface area (Å²) < 4.78 is 35.4. The summed E-state index contributed by atoms with van der Waals surface area (Å²) in [4.78, 5) is 8.30. The van der Waals surface area contributed by atoms with E-state index in [1.165, 1.54) is 10.7 Å². The Morgan fingerprint density at radius 3 is 3.04 bits per heavy atom. The van der Waals surface area contributed by atoms with E-state index in [2.05, 4.69) is 27.3 Å². The third-order valence-electron chi connectivity index (χ3n) is 4.52. The van der Waals surface area contributed by atoms with E-state index in [1.54, 1.807) is 0 Å². The zero-order valence-electron chi connectivity index (χ0n) is 14.5. The number of nitrogens with two attached hydrogens (primary N) is 1. The lowest BCUT2D eigenvalue weighted by molar-refractivity contribution is -0.0731. The van der Waals surface area contributed by atoms with Crippen LogP contribution in [0.5, 0.6) is 6.01 Å². The number of fused-ring (bicyclic) bond motifs is 1. The number of aromatic nitrogens is 4. The van der Waals surface area contributed by atoms with Crippen LogP contribution in [0, 0.1) is 5.92 Å². The first-order chi connectivity index (χ1) is 11.9. The quantitative estimate of drug-likeness (QED) is 0.825. The second-order valence-electron chi connectivity index (χ2n) is 6.61. The molecule has 7 nitrogen and oxygen atoms in total. The summed E-state index contributed by atoms with van der Waals surface area (Å²) in [6, 6.07) is 0.141. The van der Waals surface area contributed by atoms with Gasteiger partial charge in [-0.15, -0.1) is 5.10 Å². The zero-order valence-corrected chi connectivity index (χ0v) is 14.5. The Bertz CT molecular complexity index is 735. The Morgan fingerprint density at radius 1 is 1.52 bits per heavy atom. The summed E-state index contributed by atoms with van der Waals surface area (Å²) in [5.41, 5.74) is 6.88. The molecule has 1 aliphatic heterocycles. The third-order valence-corrected chi connectivity index (χ3v) is 4.52. The van der Waals surface area contributed by atoms with Crippen LogP contribution in [-0.2, 0) is 6.42 Å². The fourth-order valence-corrected chi connectivity index (χ4v) is 3.15. The van der Waals surface area contributed by atoms with Crippen molar-refractivity contribution in [2.45, 2.75) is 51.6 Å². The largest absolute Gasteiger partial charge is 0.459 e. The van der Waals surface area contributed by atoms with Gasteiger partial charge in [-0.3, -0.25) is 0 Å². The van der Waals surface area contributed by atoms with Gasteiger partial charge in [-0.05, 0) is 32.7 Å². The average molecular weight is 354 g/mol. The number of nitrogens with one attached hydrogen (secondary N) is 1. The first kappa shape index (κ1) is 17.8. The lowest BCUT2D eigenvalue weighted by Crippen LogP contribution is -2.46. The first-order valence-electron chi connectivity index (χ1n) is 8.66. The number of piperidine rings is 1. The van der Waals surface area contributed by atoms with Crippen LogP contribution in [0.3, 0.4) is 0 Å². The van der Waals surface area contributed by atoms with Gasteiger partial charge in [0.15, 0.2) is 11.5 Å². The third kappa shape index (κ3) is 3.81. The molecule has 0 saturated carbocycles. The van der Waals surface area contributed by atoms with E-state index in [1.807, 2.05) is 6.92 Å². The Hall–Kier alpha value is -2.03. The van der Waals surface area contributed by atoms with Crippen molar-refractivity contribution in [1.29, 1.82) is 0 Å². The van der Waals surface area contributed by atoms with Crippen LogP contribution < -0.4 is 15.8 Å². The molecule has 25 heavy (non-hydrogen) atoms. The van der Waals surface area contributed by atoms with Crippen LogP contribution in [0.25, 0.3) is 5.65 Å². The van der Waals surface area contributed by atoms with E-state index < -0.39 is 11.8 Å². The highest BCUT2D eigenvalue weighted by molar-refractivity contribution is 5.59. The molecule has 3 heterocycles. The van der Waals surface area contributed by atoms with E-state index in [4.69, 9.17) is 10.5 Å². The Balaban J connectivity index is 1.87. The van der Waals surface area contributed by atoms with Gasteiger partial charge in [0.1, 0.15) is 0 Å². The molecular weight excluding hydrogens is 330 g/mol. The molecule has 3 N–H and O–H groups in total. The fourth-order valence-electron chi connectivity index (χ4n) is 3.15. The number of nitrogens with zero attached hydrogens (tertiary/aromatic N) is 4. The number of alkyl halides is 2. The second kappa shape index (κ2) is 7.07. The van der Waals surface area contributed by atoms with Gasteiger partial charge in [0, 0.05) is 5.92 Å². The first-order valence-corrected chi connectivity index (χ1v) is 8.66. The van der Waals surface area contributed by atoms with E-state index in [0.717, 1.165) is 12.8 Å². The van der Waals surface area contributed by atoms with Crippen molar-refractivity contribution in [3.8, 4) is 6.01 Å². The van der Waals surface area contributed by atoms with Gasteiger partial charge in [0.25, 0.3) is 5.92 Å². The van der Waals surface area contributed by atoms with Gasteiger partial charge in [0.2, 0.25) is 0 Å². The van der Waals surface area contributed by atoms with Crippen molar-refractivity contribution < 1.29 is 13.5 Å². The highest BCUT2D eigenvalue weighted by Gasteiger charge is 2.41. The molecule has 0 radical (unpaired) electrons. The summed E-state index contributed by atoms with van der Waals surface area (Å²) in [5, 5.41) is 7.05. The molecule has 3 rings (SSSR count). The smallest absolute Gasteiger partial charge is 0.336 e. The summed E-state index contributed by atoms with van der Waals surface area (Å²) in [7, 11) is 0. The predicted octanol–water partition coefficient (Wildman–Crippen LogP) is 2.06. The summed E-state index contributed by atoms with van der Waals surface area (Å²) in [5.74, 6) is -3.33. The van der Waals surface area contributed by atoms with Gasteiger partial charge in [-0.1, -0.05) is 13.3 Å². The maximum atomic E-state index is 14.1. The molecule has 0 spiro atoms. The molecule has 1 saturated heterocycles. The Kier molecular flexibility index (Phi) is 5.03. The number of hydrogen-bond acceptors (Lipinski definition) is 6. The highest BCUT2D eigenvalue weighted by Crippen LogP contribution is 2.32. The maximum Gasteiger partial charge on any atom is 0.336 e. The van der Waals surface area contributed by atoms with Gasteiger partial charge in [0.05, 0.1) is 24.5 Å². The van der Waals surface area contributed by atoms with Crippen LogP contribution >= 0.6 is 0 Å². The van der Waals surface area contributed by atoms with E-state index >= 15 is 0 Å². The number of imidazole rings is 1. The van der Waals surface area contributed by atoms with Gasteiger partial charge in [-0.25, -0.2) is 18.3 Å². The fraction of sp³-hybridized carbons (Fsp3) is 0.688. The second-order valence-corrected chi connectivity index (χ2v) is 6.61. The molecule has 0 amide bonds. The SMILES string of the molecule is CCC[C@H](C)Oc1nc(N)c2ncc(CC3CCNCC3(F)F)n2n1. The molecule has 2 aromatic heterocycles. The topological polar surface area (TPSA) is 90.4 Å². The zero-order chi connectivity index (χ0) is 18.0. The van der Waals surface area contributed by atoms with Crippen molar-refractivity contribution in [3.63, 3.8) is 0 Å². The number of halogens is 2. The van der Waals surface area contributed by atoms with Crippen LogP contribution in [0.2, 0.25) is 0 Å². The minimum atomic E-state index is -2.75. The summed E-state index contributed by atoms with van der Waals surface area (Å²) >= 11 is 0.